The first-order valence-electron chi connectivity index (χ1n) is 10.1. The molecule has 1 aliphatic rings. The second-order valence-corrected chi connectivity index (χ2v) is 9.81. The molecule has 1 saturated heterocycles. The van der Waals surface area contributed by atoms with Gasteiger partial charge in [-0.05, 0) is 49.2 Å². The molecule has 4 rings (SSSR count). The maximum absolute atomic E-state index is 12.5. The van der Waals surface area contributed by atoms with Crippen molar-refractivity contribution in [2.75, 3.05) is 29.3 Å². The smallest absolute Gasteiger partial charge is 0.261 e. The second kappa shape index (κ2) is 9.59. The zero-order valence-corrected chi connectivity index (χ0v) is 18.3. The van der Waals surface area contributed by atoms with E-state index in [9.17, 15) is 8.42 Å². The average Bonchev–Trinajstić information content (AvgIpc) is 3.29. The van der Waals surface area contributed by atoms with Crippen LogP contribution in [0, 0.1) is 0 Å². The normalized spacial score (nSPS) is 15.3. The van der Waals surface area contributed by atoms with Crippen LogP contribution < -0.4 is 14.9 Å². The van der Waals surface area contributed by atoms with Crippen LogP contribution >= 0.6 is 11.3 Å². The van der Waals surface area contributed by atoms with Crippen molar-refractivity contribution < 1.29 is 8.42 Å². The number of hydrogen-bond donors (Lipinski definition) is 2. The van der Waals surface area contributed by atoms with Crippen LogP contribution in [0.25, 0.3) is 0 Å². The Kier molecular flexibility index (Phi) is 6.66. The second-order valence-electron chi connectivity index (χ2n) is 7.41. The molecule has 1 fully saturated rings. The van der Waals surface area contributed by atoms with Crippen molar-refractivity contribution in [3.63, 3.8) is 0 Å². The molecule has 30 heavy (non-hydrogen) atoms. The zero-order valence-electron chi connectivity index (χ0n) is 16.7. The van der Waals surface area contributed by atoms with E-state index in [0.717, 1.165) is 50.3 Å². The molecule has 0 radical (unpaired) electrons. The quantitative estimate of drug-likeness (QED) is 0.556. The topological polar surface area (TPSA) is 74.3 Å². The van der Waals surface area contributed by atoms with E-state index in [4.69, 9.17) is 0 Å². The van der Waals surface area contributed by atoms with Crippen molar-refractivity contribution >= 4 is 32.7 Å². The molecule has 0 bridgehead atoms. The Labute approximate surface area is 182 Å². The number of nitrogens with one attached hydrogen (secondary N) is 2. The summed E-state index contributed by atoms with van der Waals surface area (Å²) in [6.07, 6.45) is 3.17. The number of anilines is 2. The van der Waals surface area contributed by atoms with E-state index in [-0.39, 0.29) is 4.90 Å². The van der Waals surface area contributed by atoms with Crippen LogP contribution in [0.15, 0.2) is 70.4 Å². The van der Waals surface area contributed by atoms with Gasteiger partial charge in [0.25, 0.3) is 10.0 Å². The SMILES string of the molecule is O=S(=O)(Nc1ccc(N2CCC(NCCc3cscn3)CC2)cc1)c1ccccc1. The minimum atomic E-state index is -3.56. The first kappa shape index (κ1) is 20.8. The molecule has 0 saturated carbocycles. The molecular formula is C22H26N4O2S2. The standard InChI is InChI=1S/C22H26N4O2S2/c27-30(28,22-4-2-1-3-5-22)25-19-6-8-21(9-7-19)26-14-11-18(12-15-26)23-13-10-20-16-29-17-24-20/h1-9,16-18,23,25H,10-15H2. The maximum Gasteiger partial charge on any atom is 0.261 e. The highest BCUT2D eigenvalue weighted by Gasteiger charge is 2.19. The van der Waals surface area contributed by atoms with Gasteiger partial charge in [0.05, 0.1) is 16.1 Å². The van der Waals surface area contributed by atoms with Gasteiger partial charge in [-0.15, -0.1) is 11.3 Å². The number of benzene rings is 2. The zero-order chi connectivity index (χ0) is 20.8. The van der Waals surface area contributed by atoms with Gasteiger partial charge >= 0.3 is 0 Å². The van der Waals surface area contributed by atoms with E-state index in [1.54, 1.807) is 41.7 Å². The summed E-state index contributed by atoms with van der Waals surface area (Å²) < 4.78 is 27.6. The minimum absolute atomic E-state index is 0.262. The number of rotatable bonds is 8. The predicted molar refractivity (Wildman–Crippen MR) is 123 cm³/mol. The molecule has 6 nitrogen and oxygen atoms in total. The van der Waals surface area contributed by atoms with Crippen molar-refractivity contribution in [1.29, 1.82) is 0 Å². The summed E-state index contributed by atoms with van der Waals surface area (Å²) in [6.45, 7) is 2.94. The summed E-state index contributed by atoms with van der Waals surface area (Å²) in [5.41, 5.74) is 4.74. The van der Waals surface area contributed by atoms with E-state index < -0.39 is 10.0 Å². The molecular weight excluding hydrogens is 416 g/mol. The first-order chi connectivity index (χ1) is 14.6. The molecule has 158 valence electrons. The highest BCUT2D eigenvalue weighted by Crippen LogP contribution is 2.23. The van der Waals surface area contributed by atoms with Crippen LogP contribution in [0.4, 0.5) is 11.4 Å². The lowest BCUT2D eigenvalue weighted by atomic mass is 10.0. The molecule has 0 unspecified atom stereocenters. The van der Waals surface area contributed by atoms with Gasteiger partial charge in [0.1, 0.15) is 0 Å². The van der Waals surface area contributed by atoms with E-state index in [0.29, 0.717) is 11.7 Å². The Morgan fingerprint density at radius 2 is 1.77 bits per heavy atom. The Balaban J connectivity index is 1.26. The number of hydrogen-bond acceptors (Lipinski definition) is 6. The Morgan fingerprint density at radius 3 is 2.43 bits per heavy atom. The van der Waals surface area contributed by atoms with Gasteiger partial charge in [0, 0.05) is 48.9 Å². The number of sulfonamides is 1. The number of nitrogens with zero attached hydrogens (tertiary/aromatic N) is 2. The van der Waals surface area contributed by atoms with Crippen LogP contribution in [0.3, 0.4) is 0 Å². The summed E-state index contributed by atoms with van der Waals surface area (Å²) in [4.78, 5) is 6.94. The third kappa shape index (κ3) is 5.38. The Morgan fingerprint density at radius 1 is 1.03 bits per heavy atom. The highest BCUT2D eigenvalue weighted by atomic mass is 32.2. The Bertz CT molecular complexity index is 1010. The molecule has 2 aromatic carbocycles. The molecule has 3 aromatic rings. The van der Waals surface area contributed by atoms with Crippen LogP contribution in [-0.4, -0.2) is 39.1 Å². The van der Waals surface area contributed by atoms with Gasteiger partial charge in [-0.1, -0.05) is 18.2 Å². The molecule has 0 atom stereocenters. The van der Waals surface area contributed by atoms with Crippen LogP contribution in [-0.2, 0) is 16.4 Å². The fourth-order valence-corrected chi connectivity index (χ4v) is 5.33. The van der Waals surface area contributed by atoms with E-state index in [2.05, 4.69) is 25.3 Å². The van der Waals surface area contributed by atoms with Crippen molar-refractivity contribution in [2.45, 2.75) is 30.2 Å². The van der Waals surface area contributed by atoms with Gasteiger partial charge in [0.15, 0.2) is 0 Å². The third-order valence-electron chi connectivity index (χ3n) is 5.33. The van der Waals surface area contributed by atoms with Crippen LogP contribution in [0.1, 0.15) is 18.5 Å². The van der Waals surface area contributed by atoms with E-state index in [1.807, 2.05) is 29.8 Å². The van der Waals surface area contributed by atoms with Gasteiger partial charge in [-0.3, -0.25) is 4.72 Å². The minimum Gasteiger partial charge on any atom is -0.371 e. The molecule has 1 aliphatic heterocycles. The van der Waals surface area contributed by atoms with Gasteiger partial charge < -0.3 is 10.2 Å². The summed E-state index contributed by atoms with van der Waals surface area (Å²) in [5, 5.41) is 5.75. The third-order valence-corrected chi connectivity index (χ3v) is 7.36. The highest BCUT2D eigenvalue weighted by molar-refractivity contribution is 7.92. The monoisotopic (exact) mass is 442 g/mol. The lowest BCUT2D eigenvalue weighted by Gasteiger charge is -2.34. The summed E-state index contributed by atoms with van der Waals surface area (Å²) >= 11 is 1.64. The molecule has 0 aliphatic carbocycles. The lowest BCUT2D eigenvalue weighted by Crippen LogP contribution is -2.43. The fourth-order valence-electron chi connectivity index (χ4n) is 3.66. The summed E-state index contributed by atoms with van der Waals surface area (Å²) in [7, 11) is -3.56. The summed E-state index contributed by atoms with van der Waals surface area (Å²) in [6, 6.07) is 16.6. The van der Waals surface area contributed by atoms with Crippen molar-refractivity contribution in [1.82, 2.24) is 10.3 Å². The van der Waals surface area contributed by atoms with Gasteiger partial charge in [-0.25, -0.2) is 13.4 Å². The van der Waals surface area contributed by atoms with E-state index in [1.165, 1.54) is 0 Å². The van der Waals surface area contributed by atoms with Crippen molar-refractivity contribution in [2.24, 2.45) is 0 Å². The van der Waals surface area contributed by atoms with Crippen molar-refractivity contribution in [3.05, 3.63) is 71.2 Å². The molecule has 8 heteroatoms. The maximum atomic E-state index is 12.5. The fraction of sp³-hybridized carbons (Fsp3) is 0.318. The van der Waals surface area contributed by atoms with Gasteiger partial charge in [-0.2, -0.15) is 0 Å². The summed E-state index contributed by atoms with van der Waals surface area (Å²) in [5.74, 6) is 0. The number of thiazole rings is 1. The molecule has 1 aromatic heterocycles. The molecule has 2 heterocycles. The van der Waals surface area contributed by atoms with Crippen LogP contribution in [0.2, 0.25) is 0 Å². The van der Waals surface area contributed by atoms with Crippen molar-refractivity contribution in [3.8, 4) is 0 Å². The first-order valence-corrected chi connectivity index (χ1v) is 12.6. The van der Waals surface area contributed by atoms with E-state index >= 15 is 0 Å². The number of aromatic nitrogens is 1. The van der Waals surface area contributed by atoms with Gasteiger partial charge in [0.2, 0.25) is 0 Å². The number of piperidine rings is 1. The molecule has 0 spiro atoms. The van der Waals surface area contributed by atoms with Crippen LogP contribution in [0.5, 0.6) is 0 Å². The largest absolute Gasteiger partial charge is 0.371 e. The molecule has 0 amide bonds. The predicted octanol–water partition coefficient (Wildman–Crippen LogP) is 3.75. The Hall–Kier alpha value is -2.42. The average molecular weight is 443 g/mol. The molecule has 2 N–H and O–H groups in total. The lowest BCUT2D eigenvalue weighted by molar-refractivity contribution is 0.417.